The Balaban J connectivity index is 1.72. The van der Waals surface area contributed by atoms with Crippen LogP contribution >= 0.6 is 0 Å². The molecule has 0 spiro atoms. The number of ether oxygens (including phenoxy) is 1. The van der Waals surface area contributed by atoms with Gasteiger partial charge in [0.15, 0.2) is 0 Å². The topological polar surface area (TPSA) is 58.6 Å². The zero-order valence-electron chi connectivity index (χ0n) is 12.7. The second-order valence-electron chi connectivity index (χ2n) is 5.82. The molecule has 0 saturated heterocycles. The minimum absolute atomic E-state index is 0.00741. The van der Waals surface area contributed by atoms with Crippen LogP contribution in [0.1, 0.15) is 37.7 Å². The predicted octanol–water partition coefficient (Wildman–Crippen LogP) is 2.43. The van der Waals surface area contributed by atoms with E-state index in [4.69, 9.17) is 4.74 Å². The fourth-order valence-electron chi connectivity index (χ4n) is 2.86. The lowest BCUT2D eigenvalue weighted by atomic mass is 9.85. The first kappa shape index (κ1) is 15.8. The Morgan fingerprint density at radius 1 is 1.38 bits per heavy atom. The summed E-state index contributed by atoms with van der Waals surface area (Å²) in [4.78, 5) is 12.0. The van der Waals surface area contributed by atoms with E-state index in [1.165, 1.54) is 0 Å². The number of nitrogens with one attached hydrogen (secondary N) is 1. The highest BCUT2D eigenvalue weighted by atomic mass is 16.5. The Morgan fingerprint density at radius 3 is 2.95 bits per heavy atom. The first-order valence-corrected chi connectivity index (χ1v) is 7.78. The maximum absolute atomic E-state index is 12.0. The summed E-state index contributed by atoms with van der Waals surface area (Å²) in [7, 11) is 0. The number of carbonyl (C=O) groups is 1. The van der Waals surface area contributed by atoms with Crippen LogP contribution in [0.25, 0.3) is 0 Å². The maximum atomic E-state index is 12.0. The smallest absolute Gasteiger partial charge is 0.223 e. The molecular formula is C17H25NO3. The van der Waals surface area contributed by atoms with Crippen LogP contribution in [0.5, 0.6) is 5.75 Å². The molecule has 2 unspecified atom stereocenters. The summed E-state index contributed by atoms with van der Waals surface area (Å²) in [5.74, 6) is 1.02. The van der Waals surface area contributed by atoms with Crippen LogP contribution in [0.15, 0.2) is 24.3 Å². The Bertz CT molecular complexity index is 461. The first-order valence-electron chi connectivity index (χ1n) is 7.78. The van der Waals surface area contributed by atoms with Crippen molar-refractivity contribution in [3.8, 4) is 5.75 Å². The van der Waals surface area contributed by atoms with Crippen molar-refractivity contribution < 1.29 is 14.6 Å². The molecule has 21 heavy (non-hydrogen) atoms. The molecule has 1 fully saturated rings. The van der Waals surface area contributed by atoms with Crippen LogP contribution in [-0.2, 0) is 4.79 Å². The predicted molar refractivity (Wildman–Crippen MR) is 82.3 cm³/mol. The van der Waals surface area contributed by atoms with E-state index in [9.17, 15) is 9.90 Å². The Labute approximate surface area is 126 Å². The molecule has 4 heteroatoms. The van der Waals surface area contributed by atoms with Crippen LogP contribution in [-0.4, -0.2) is 30.3 Å². The first-order chi connectivity index (χ1) is 10.2. The van der Waals surface area contributed by atoms with E-state index in [0.717, 1.165) is 37.0 Å². The number of aryl methyl sites for hydroxylation is 1. The molecule has 2 atom stereocenters. The molecule has 1 amide bonds. The molecular weight excluding hydrogens is 266 g/mol. The molecule has 1 aliphatic carbocycles. The number of hydrogen-bond donors (Lipinski definition) is 2. The summed E-state index contributed by atoms with van der Waals surface area (Å²) in [6.07, 6.45) is 4.59. The number of amides is 1. The SMILES string of the molecule is Cc1cccc(OCCC(=O)NC2CCCCC2CO)c1. The van der Waals surface area contributed by atoms with E-state index in [1.807, 2.05) is 31.2 Å². The van der Waals surface area contributed by atoms with Gasteiger partial charge in [0, 0.05) is 18.6 Å². The summed E-state index contributed by atoms with van der Waals surface area (Å²) in [6.45, 7) is 2.55. The number of carbonyl (C=O) groups excluding carboxylic acids is 1. The van der Waals surface area contributed by atoms with Gasteiger partial charge in [0.2, 0.25) is 5.91 Å². The van der Waals surface area contributed by atoms with Crippen molar-refractivity contribution in [3.63, 3.8) is 0 Å². The molecule has 1 aliphatic rings. The van der Waals surface area contributed by atoms with Crippen molar-refractivity contribution >= 4 is 5.91 Å². The van der Waals surface area contributed by atoms with Crippen molar-refractivity contribution in [1.29, 1.82) is 0 Å². The van der Waals surface area contributed by atoms with Gasteiger partial charge in [-0.2, -0.15) is 0 Å². The quantitative estimate of drug-likeness (QED) is 0.846. The third kappa shape index (κ3) is 5.05. The van der Waals surface area contributed by atoms with E-state index in [1.54, 1.807) is 0 Å². The molecule has 1 aromatic rings. The Hall–Kier alpha value is -1.55. The Morgan fingerprint density at radius 2 is 2.19 bits per heavy atom. The molecule has 0 bridgehead atoms. The van der Waals surface area contributed by atoms with Crippen LogP contribution < -0.4 is 10.1 Å². The number of benzene rings is 1. The summed E-state index contributed by atoms with van der Waals surface area (Å²) in [5, 5.41) is 12.4. The second kappa shape index (κ2) is 8.03. The fourth-order valence-corrected chi connectivity index (χ4v) is 2.86. The minimum Gasteiger partial charge on any atom is -0.493 e. The summed E-state index contributed by atoms with van der Waals surface area (Å²) >= 11 is 0. The van der Waals surface area contributed by atoms with Crippen molar-refractivity contribution in [3.05, 3.63) is 29.8 Å². The van der Waals surface area contributed by atoms with Gasteiger partial charge in [-0.1, -0.05) is 25.0 Å². The molecule has 4 nitrogen and oxygen atoms in total. The van der Waals surface area contributed by atoms with Crippen LogP contribution in [0.2, 0.25) is 0 Å². The van der Waals surface area contributed by atoms with Gasteiger partial charge in [0.25, 0.3) is 0 Å². The highest BCUT2D eigenvalue weighted by Gasteiger charge is 2.25. The zero-order chi connectivity index (χ0) is 15.1. The summed E-state index contributed by atoms with van der Waals surface area (Å²) in [5.41, 5.74) is 1.14. The largest absolute Gasteiger partial charge is 0.493 e. The molecule has 0 aliphatic heterocycles. The Kier molecular flexibility index (Phi) is 6.05. The van der Waals surface area contributed by atoms with Crippen molar-refractivity contribution in [2.45, 2.75) is 45.1 Å². The second-order valence-corrected chi connectivity index (χ2v) is 5.82. The number of aliphatic hydroxyl groups excluding tert-OH is 1. The lowest BCUT2D eigenvalue weighted by molar-refractivity contribution is -0.123. The zero-order valence-corrected chi connectivity index (χ0v) is 12.7. The maximum Gasteiger partial charge on any atom is 0.223 e. The normalized spacial score (nSPS) is 21.8. The minimum atomic E-state index is 0.00741. The lowest BCUT2D eigenvalue weighted by Gasteiger charge is -2.30. The molecule has 0 heterocycles. The van der Waals surface area contributed by atoms with Gasteiger partial charge in [0.05, 0.1) is 13.0 Å². The molecule has 1 aromatic carbocycles. The van der Waals surface area contributed by atoms with Gasteiger partial charge >= 0.3 is 0 Å². The van der Waals surface area contributed by atoms with Crippen molar-refractivity contribution in [2.24, 2.45) is 5.92 Å². The van der Waals surface area contributed by atoms with Gasteiger partial charge in [-0.05, 0) is 37.5 Å². The third-order valence-electron chi connectivity index (χ3n) is 4.08. The summed E-state index contributed by atoms with van der Waals surface area (Å²) in [6, 6.07) is 7.93. The van der Waals surface area contributed by atoms with Gasteiger partial charge in [-0.25, -0.2) is 0 Å². The molecule has 116 valence electrons. The monoisotopic (exact) mass is 291 g/mol. The van der Waals surface area contributed by atoms with E-state index >= 15 is 0 Å². The molecule has 1 saturated carbocycles. The third-order valence-corrected chi connectivity index (χ3v) is 4.08. The number of rotatable bonds is 6. The number of aliphatic hydroxyl groups is 1. The molecule has 0 radical (unpaired) electrons. The van der Waals surface area contributed by atoms with Crippen LogP contribution in [0.4, 0.5) is 0 Å². The van der Waals surface area contributed by atoms with E-state index < -0.39 is 0 Å². The van der Waals surface area contributed by atoms with Crippen molar-refractivity contribution in [1.82, 2.24) is 5.32 Å². The molecule has 0 aromatic heterocycles. The van der Waals surface area contributed by atoms with E-state index in [0.29, 0.717) is 13.0 Å². The average molecular weight is 291 g/mol. The van der Waals surface area contributed by atoms with Gasteiger partial charge in [-0.3, -0.25) is 4.79 Å². The van der Waals surface area contributed by atoms with Gasteiger partial charge < -0.3 is 15.2 Å². The fraction of sp³-hybridized carbons (Fsp3) is 0.588. The van der Waals surface area contributed by atoms with Crippen LogP contribution in [0.3, 0.4) is 0 Å². The standard InChI is InChI=1S/C17H25NO3/c1-13-5-4-7-15(11-13)21-10-9-17(20)18-16-8-3-2-6-14(16)12-19/h4-5,7,11,14,16,19H,2-3,6,8-10,12H2,1H3,(H,18,20). The van der Waals surface area contributed by atoms with E-state index in [-0.39, 0.29) is 24.5 Å². The van der Waals surface area contributed by atoms with Crippen LogP contribution in [0, 0.1) is 12.8 Å². The molecule has 2 N–H and O–H groups in total. The average Bonchev–Trinajstić information content (AvgIpc) is 2.48. The lowest BCUT2D eigenvalue weighted by Crippen LogP contribution is -2.43. The van der Waals surface area contributed by atoms with Gasteiger partial charge in [-0.15, -0.1) is 0 Å². The summed E-state index contributed by atoms with van der Waals surface area (Å²) < 4.78 is 5.59. The van der Waals surface area contributed by atoms with Gasteiger partial charge in [0.1, 0.15) is 5.75 Å². The molecule has 2 rings (SSSR count). The highest BCUT2D eigenvalue weighted by Crippen LogP contribution is 2.24. The van der Waals surface area contributed by atoms with E-state index in [2.05, 4.69) is 5.32 Å². The number of hydrogen-bond acceptors (Lipinski definition) is 3. The highest BCUT2D eigenvalue weighted by molar-refractivity contribution is 5.76. The van der Waals surface area contributed by atoms with Crippen molar-refractivity contribution in [2.75, 3.05) is 13.2 Å².